The van der Waals surface area contributed by atoms with Crippen molar-refractivity contribution in [3.63, 3.8) is 0 Å². The molecule has 2 aromatic rings. The van der Waals surface area contributed by atoms with Crippen molar-refractivity contribution >= 4 is 41.5 Å². The summed E-state index contributed by atoms with van der Waals surface area (Å²) in [6, 6.07) is 12.1. The van der Waals surface area contributed by atoms with E-state index in [9.17, 15) is 4.79 Å². The van der Waals surface area contributed by atoms with Crippen LogP contribution in [0.2, 0.25) is 10.0 Å². The highest BCUT2D eigenvalue weighted by atomic mass is 35.5. The molecule has 2 aromatic carbocycles. The third-order valence-corrected chi connectivity index (χ3v) is 4.57. The fraction of sp³-hybridized carbons (Fsp3) is 0.278. The number of ether oxygens (including phenoxy) is 1. The lowest BCUT2D eigenvalue weighted by Crippen LogP contribution is -2.30. The van der Waals surface area contributed by atoms with Gasteiger partial charge < -0.3 is 15.4 Å². The third kappa shape index (κ3) is 4.79. The average molecular weight is 402 g/mol. The largest absolute Gasteiger partial charge is 0.456 e. The summed E-state index contributed by atoms with van der Waals surface area (Å²) in [4.78, 5) is 14.7. The number of likely N-dealkylation sites (tertiary alicyclic amines) is 1. The number of rotatable bonds is 4. The first kappa shape index (κ1) is 19.9. The number of nitrogens with zero attached hydrogens (tertiary/aromatic N) is 1. The molecule has 1 unspecified atom stereocenters. The van der Waals surface area contributed by atoms with Crippen LogP contribution < -0.4 is 10.5 Å². The number of benzene rings is 2. The first-order chi connectivity index (χ1) is 11.6. The predicted octanol–water partition coefficient (Wildman–Crippen LogP) is 4.63. The van der Waals surface area contributed by atoms with Crippen molar-refractivity contribution in [3.8, 4) is 11.5 Å². The average Bonchev–Trinajstić information content (AvgIpc) is 3.05. The lowest BCUT2D eigenvalue weighted by molar-refractivity contribution is 0.0785. The highest BCUT2D eigenvalue weighted by Crippen LogP contribution is 2.31. The molecule has 0 bridgehead atoms. The molecule has 1 atom stereocenters. The van der Waals surface area contributed by atoms with Crippen LogP contribution in [0.5, 0.6) is 11.5 Å². The summed E-state index contributed by atoms with van der Waals surface area (Å²) in [5, 5.41) is 1.06. The van der Waals surface area contributed by atoms with E-state index in [1.165, 1.54) is 0 Å². The Kier molecular flexibility index (Phi) is 6.96. The molecule has 1 aliphatic rings. The van der Waals surface area contributed by atoms with Crippen LogP contribution in [-0.2, 0) is 0 Å². The first-order valence-corrected chi connectivity index (χ1v) is 8.54. The number of nitrogens with two attached hydrogens (primary N) is 1. The van der Waals surface area contributed by atoms with Crippen molar-refractivity contribution in [1.82, 2.24) is 4.90 Å². The second-order valence-corrected chi connectivity index (χ2v) is 6.71. The zero-order valence-electron chi connectivity index (χ0n) is 13.5. The molecule has 1 saturated heterocycles. The van der Waals surface area contributed by atoms with Gasteiger partial charge >= 0.3 is 0 Å². The van der Waals surface area contributed by atoms with Crippen LogP contribution in [0.1, 0.15) is 16.8 Å². The maximum absolute atomic E-state index is 12.9. The second-order valence-electron chi connectivity index (χ2n) is 5.84. The van der Waals surface area contributed by atoms with Gasteiger partial charge in [-0.05, 0) is 55.3 Å². The molecule has 0 radical (unpaired) electrons. The summed E-state index contributed by atoms with van der Waals surface area (Å²) >= 11 is 12.1. The van der Waals surface area contributed by atoms with Gasteiger partial charge in [-0.3, -0.25) is 4.79 Å². The molecule has 2 N–H and O–H groups in total. The van der Waals surface area contributed by atoms with Gasteiger partial charge in [0, 0.05) is 23.1 Å². The van der Waals surface area contributed by atoms with Crippen molar-refractivity contribution in [3.05, 3.63) is 58.1 Å². The Morgan fingerprint density at radius 2 is 1.96 bits per heavy atom. The smallest absolute Gasteiger partial charge is 0.257 e. The Hall–Kier alpha value is -1.46. The number of amides is 1. The molecule has 3 rings (SSSR count). The van der Waals surface area contributed by atoms with Crippen molar-refractivity contribution < 1.29 is 9.53 Å². The first-order valence-electron chi connectivity index (χ1n) is 7.79. The standard InChI is InChI=1S/C18H18Cl2N2O2.ClH/c19-13-2-1-3-15(8-13)24-17-5-4-14(20)9-16(17)18(23)22-7-6-12(10-21)11-22;/h1-5,8-9,12H,6-7,10-11,21H2;1H. The molecule has 4 nitrogen and oxygen atoms in total. The highest BCUT2D eigenvalue weighted by Gasteiger charge is 2.28. The molecule has 1 heterocycles. The number of carbonyl (C=O) groups is 1. The zero-order chi connectivity index (χ0) is 17.1. The monoisotopic (exact) mass is 400 g/mol. The highest BCUT2D eigenvalue weighted by molar-refractivity contribution is 6.31. The summed E-state index contributed by atoms with van der Waals surface area (Å²) in [7, 11) is 0. The zero-order valence-corrected chi connectivity index (χ0v) is 15.8. The number of hydrogen-bond donors (Lipinski definition) is 1. The fourth-order valence-electron chi connectivity index (χ4n) is 2.80. The minimum absolute atomic E-state index is 0. The van der Waals surface area contributed by atoms with E-state index >= 15 is 0 Å². The van der Waals surface area contributed by atoms with Gasteiger partial charge in [-0.1, -0.05) is 29.3 Å². The molecular formula is C18H19Cl3N2O2. The van der Waals surface area contributed by atoms with Gasteiger partial charge in [0.2, 0.25) is 0 Å². The minimum atomic E-state index is -0.0921. The van der Waals surface area contributed by atoms with E-state index in [4.69, 9.17) is 33.7 Å². The minimum Gasteiger partial charge on any atom is -0.456 e. The fourth-order valence-corrected chi connectivity index (χ4v) is 3.15. The summed E-state index contributed by atoms with van der Waals surface area (Å²) in [6.45, 7) is 1.95. The Balaban J connectivity index is 0.00000225. The molecule has 0 aliphatic carbocycles. The van der Waals surface area contributed by atoms with Crippen molar-refractivity contribution in [2.45, 2.75) is 6.42 Å². The lowest BCUT2D eigenvalue weighted by atomic mass is 10.1. The third-order valence-electron chi connectivity index (χ3n) is 4.10. The topological polar surface area (TPSA) is 55.6 Å². The number of hydrogen-bond acceptors (Lipinski definition) is 3. The van der Waals surface area contributed by atoms with E-state index in [0.29, 0.717) is 52.7 Å². The van der Waals surface area contributed by atoms with Gasteiger partial charge in [0.1, 0.15) is 11.5 Å². The van der Waals surface area contributed by atoms with Crippen LogP contribution in [0.4, 0.5) is 0 Å². The molecule has 25 heavy (non-hydrogen) atoms. The van der Waals surface area contributed by atoms with Crippen molar-refractivity contribution in [2.75, 3.05) is 19.6 Å². The van der Waals surface area contributed by atoms with Gasteiger partial charge in [0.05, 0.1) is 5.56 Å². The van der Waals surface area contributed by atoms with Crippen LogP contribution in [0, 0.1) is 5.92 Å². The Morgan fingerprint density at radius 1 is 1.20 bits per heavy atom. The molecule has 7 heteroatoms. The maximum Gasteiger partial charge on any atom is 0.257 e. The van der Waals surface area contributed by atoms with Gasteiger partial charge in [0.25, 0.3) is 5.91 Å². The summed E-state index contributed by atoms with van der Waals surface area (Å²) in [5.74, 6) is 1.29. The quantitative estimate of drug-likeness (QED) is 0.812. The van der Waals surface area contributed by atoms with E-state index in [-0.39, 0.29) is 18.3 Å². The number of halogens is 3. The van der Waals surface area contributed by atoms with E-state index in [2.05, 4.69) is 0 Å². The van der Waals surface area contributed by atoms with E-state index in [1.807, 2.05) is 0 Å². The Morgan fingerprint density at radius 3 is 2.64 bits per heavy atom. The van der Waals surface area contributed by atoms with Crippen LogP contribution >= 0.6 is 35.6 Å². The van der Waals surface area contributed by atoms with Crippen molar-refractivity contribution in [1.29, 1.82) is 0 Å². The molecule has 134 valence electrons. The van der Waals surface area contributed by atoms with Gasteiger partial charge in [-0.25, -0.2) is 0 Å². The molecule has 0 aromatic heterocycles. The SMILES string of the molecule is Cl.NCC1CCN(C(=O)c2cc(Cl)ccc2Oc2cccc(Cl)c2)C1. The summed E-state index contributed by atoms with van der Waals surface area (Å²) in [5.41, 5.74) is 6.15. The molecule has 1 aliphatic heterocycles. The van der Waals surface area contributed by atoms with E-state index in [0.717, 1.165) is 6.42 Å². The maximum atomic E-state index is 12.9. The van der Waals surface area contributed by atoms with Gasteiger partial charge in [-0.15, -0.1) is 12.4 Å². The predicted molar refractivity (Wildman–Crippen MR) is 103 cm³/mol. The van der Waals surface area contributed by atoms with E-state index < -0.39 is 0 Å². The molecule has 0 saturated carbocycles. The van der Waals surface area contributed by atoms with Crippen LogP contribution in [0.3, 0.4) is 0 Å². The lowest BCUT2D eigenvalue weighted by Gasteiger charge is -2.19. The van der Waals surface area contributed by atoms with Gasteiger partial charge in [-0.2, -0.15) is 0 Å². The molecule has 1 amide bonds. The molecule has 1 fully saturated rings. The Labute approximate surface area is 163 Å². The van der Waals surface area contributed by atoms with Crippen LogP contribution in [-0.4, -0.2) is 30.4 Å². The van der Waals surface area contributed by atoms with Crippen LogP contribution in [0.25, 0.3) is 0 Å². The Bertz CT molecular complexity index is 755. The number of carbonyl (C=O) groups excluding carboxylic acids is 1. The molecular weight excluding hydrogens is 383 g/mol. The second kappa shape index (κ2) is 8.77. The van der Waals surface area contributed by atoms with Gasteiger partial charge in [0.15, 0.2) is 0 Å². The van der Waals surface area contributed by atoms with Crippen LogP contribution in [0.15, 0.2) is 42.5 Å². The van der Waals surface area contributed by atoms with Crippen molar-refractivity contribution in [2.24, 2.45) is 11.7 Å². The van der Waals surface area contributed by atoms with E-state index in [1.54, 1.807) is 47.4 Å². The summed E-state index contributed by atoms with van der Waals surface area (Å²) in [6.07, 6.45) is 0.924. The normalized spacial score (nSPS) is 16.4. The molecule has 0 spiro atoms. The summed E-state index contributed by atoms with van der Waals surface area (Å²) < 4.78 is 5.86.